The van der Waals surface area contributed by atoms with Gasteiger partial charge in [0.1, 0.15) is 0 Å². The standard InChI is InChI=1S/C79H56/c1-79(2,65-43-39-57(40-44-65)75-67-31-15-19-35-71(67)77(72-36-20-16-32-68(72)75)63-49-59(53-23-7-3-8-24-53)47-60(50-63)54-25-9-4-10-26-54)66-45-41-58(42-46-66)76-69-33-17-21-37-73(69)78(74-38-22-18-34-70(74)76)64-51-61(55-27-11-5-12-28-55)48-62(52-64)56-29-13-6-14-30-56/h3-52H,1-2H3. The fraction of sp³-hybridized carbons (Fsp3) is 0.0380. The molecule has 0 aliphatic heterocycles. The molecule has 0 amide bonds. The first-order chi connectivity index (χ1) is 38.9. The summed E-state index contributed by atoms with van der Waals surface area (Å²) in [5, 5.41) is 9.96. The van der Waals surface area contributed by atoms with Crippen molar-refractivity contribution in [1.82, 2.24) is 0 Å². The van der Waals surface area contributed by atoms with Crippen LogP contribution in [0.3, 0.4) is 0 Å². The van der Waals surface area contributed by atoms with Gasteiger partial charge in [-0.15, -0.1) is 0 Å². The molecule has 0 bridgehead atoms. The zero-order chi connectivity index (χ0) is 52.9. The highest BCUT2D eigenvalue weighted by Crippen LogP contribution is 2.48. The lowest BCUT2D eigenvalue weighted by Crippen LogP contribution is -2.18. The molecule has 14 aromatic carbocycles. The van der Waals surface area contributed by atoms with E-state index in [1.54, 1.807) is 0 Å². The van der Waals surface area contributed by atoms with Gasteiger partial charge < -0.3 is 0 Å². The fourth-order valence-corrected chi connectivity index (χ4v) is 12.5. The van der Waals surface area contributed by atoms with Crippen LogP contribution < -0.4 is 0 Å². The summed E-state index contributed by atoms with van der Waals surface area (Å²) >= 11 is 0. The molecule has 0 saturated carbocycles. The normalized spacial score (nSPS) is 11.7. The molecule has 0 nitrogen and oxygen atoms in total. The Morgan fingerprint density at radius 3 is 0.582 bits per heavy atom. The average Bonchev–Trinajstić information content (AvgIpc) is 3.71. The maximum absolute atomic E-state index is 2.38. The van der Waals surface area contributed by atoms with Crippen LogP contribution in [0.15, 0.2) is 303 Å². The van der Waals surface area contributed by atoms with Crippen molar-refractivity contribution in [3.8, 4) is 89.0 Å². The molecular formula is C79H56. The Morgan fingerprint density at radius 2 is 0.354 bits per heavy atom. The van der Waals surface area contributed by atoms with E-state index in [9.17, 15) is 0 Å². The molecule has 0 unspecified atom stereocenters. The van der Waals surface area contributed by atoms with Crippen LogP contribution in [0.25, 0.3) is 132 Å². The average molecular weight is 1010 g/mol. The summed E-state index contributed by atoms with van der Waals surface area (Å²) in [5.41, 5.74) is 21.8. The number of rotatable bonds is 10. The van der Waals surface area contributed by atoms with Crippen LogP contribution in [0.4, 0.5) is 0 Å². The molecule has 0 saturated heterocycles. The first-order valence-electron chi connectivity index (χ1n) is 27.6. The quantitative estimate of drug-likeness (QED) is 0.120. The minimum Gasteiger partial charge on any atom is -0.0622 e. The van der Waals surface area contributed by atoms with Gasteiger partial charge in [-0.2, -0.15) is 0 Å². The highest BCUT2D eigenvalue weighted by molar-refractivity contribution is 6.23. The molecule has 0 heteroatoms. The topological polar surface area (TPSA) is 0 Å². The number of hydrogen-bond acceptors (Lipinski definition) is 0. The van der Waals surface area contributed by atoms with Gasteiger partial charge in [0.2, 0.25) is 0 Å². The molecule has 14 aromatic rings. The lowest BCUT2D eigenvalue weighted by molar-refractivity contribution is 0.641. The zero-order valence-electron chi connectivity index (χ0n) is 44.4. The molecule has 79 heavy (non-hydrogen) atoms. The Kier molecular flexibility index (Phi) is 12.0. The van der Waals surface area contributed by atoms with Crippen LogP contribution in [0.1, 0.15) is 25.0 Å². The first-order valence-corrected chi connectivity index (χ1v) is 27.6. The minimum absolute atomic E-state index is 0.264. The van der Waals surface area contributed by atoms with Crippen LogP contribution in [-0.4, -0.2) is 0 Å². The monoisotopic (exact) mass is 1000 g/mol. The van der Waals surface area contributed by atoms with Crippen molar-refractivity contribution in [3.05, 3.63) is 314 Å². The third kappa shape index (κ3) is 8.60. The molecule has 0 fully saturated rings. The molecule has 0 heterocycles. The van der Waals surface area contributed by atoms with Crippen LogP contribution >= 0.6 is 0 Å². The van der Waals surface area contributed by atoms with E-state index in [1.165, 1.54) is 143 Å². The van der Waals surface area contributed by atoms with Gasteiger partial charge in [0.05, 0.1) is 0 Å². The third-order valence-corrected chi connectivity index (χ3v) is 16.5. The summed E-state index contributed by atoms with van der Waals surface area (Å²) in [6.45, 7) is 4.72. The van der Waals surface area contributed by atoms with E-state index in [0.29, 0.717) is 0 Å². The van der Waals surface area contributed by atoms with Gasteiger partial charge in [0.25, 0.3) is 0 Å². The molecule has 0 N–H and O–H groups in total. The Morgan fingerprint density at radius 1 is 0.165 bits per heavy atom. The molecule has 0 aromatic heterocycles. The van der Waals surface area contributed by atoms with Crippen LogP contribution in [0.2, 0.25) is 0 Å². The Balaban J connectivity index is 0.840. The van der Waals surface area contributed by atoms with Crippen molar-refractivity contribution in [1.29, 1.82) is 0 Å². The van der Waals surface area contributed by atoms with E-state index >= 15 is 0 Å². The van der Waals surface area contributed by atoms with Crippen molar-refractivity contribution >= 4 is 43.1 Å². The summed E-state index contributed by atoms with van der Waals surface area (Å²) in [7, 11) is 0. The van der Waals surface area contributed by atoms with Gasteiger partial charge in [0, 0.05) is 5.41 Å². The van der Waals surface area contributed by atoms with E-state index in [-0.39, 0.29) is 5.41 Å². The molecule has 372 valence electrons. The summed E-state index contributed by atoms with van der Waals surface area (Å²) in [6, 6.07) is 112. The summed E-state index contributed by atoms with van der Waals surface area (Å²) in [4.78, 5) is 0. The number of hydrogen-bond donors (Lipinski definition) is 0. The molecule has 0 radical (unpaired) electrons. The lowest BCUT2D eigenvalue weighted by Gasteiger charge is -2.27. The van der Waals surface area contributed by atoms with Crippen molar-refractivity contribution in [2.45, 2.75) is 19.3 Å². The second kappa shape index (κ2) is 19.9. The lowest BCUT2D eigenvalue weighted by atomic mass is 9.77. The van der Waals surface area contributed by atoms with Crippen LogP contribution in [-0.2, 0) is 5.41 Å². The van der Waals surface area contributed by atoms with Crippen LogP contribution in [0.5, 0.6) is 0 Å². The zero-order valence-corrected chi connectivity index (χ0v) is 44.4. The van der Waals surface area contributed by atoms with Gasteiger partial charge in [-0.1, -0.05) is 281 Å². The van der Waals surface area contributed by atoms with Crippen molar-refractivity contribution in [2.75, 3.05) is 0 Å². The van der Waals surface area contributed by atoms with E-state index in [4.69, 9.17) is 0 Å². The van der Waals surface area contributed by atoms with E-state index < -0.39 is 0 Å². The van der Waals surface area contributed by atoms with Crippen molar-refractivity contribution < 1.29 is 0 Å². The number of benzene rings is 14. The predicted molar refractivity (Wildman–Crippen MR) is 339 cm³/mol. The maximum Gasteiger partial charge on any atom is 0.0146 e. The second-order valence-corrected chi connectivity index (χ2v) is 21.5. The van der Waals surface area contributed by atoms with Gasteiger partial charge in [-0.25, -0.2) is 0 Å². The van der Waals surface area contributed by atoms with Crippen LogP contribution in [0, 0.1) is 0 Å². The predicted octanol–water partition coefficient (Wildman–Crippen LogP) is 22.0. The molecule has 0 aliphatic carbocycles. The summed E-state index contributed by atoms with van der Waals surface area (Å²) < 4.78 is 0. The molecule has 0 atom stereocenters. The fourth-order valence-electron chi connectivity index (χ4n) is 12.5. The van der Waals surface area contributed by atoms with Gasteiger partial charge >= 0.3 is 0 Å². The summed E-state index contributed by atoms with van der Waals surface area (Å²) in [5.74, 6) is 0. The SMILES string of the molecule is CC(C)(c1ccc(-c2c3ccccc3c(-c3cc(-c4ccccc4)cc(-c4ccccc4)c3)c3ccccc23)cc1)c1ccc(-c2c3ccccc3c(-c3cc(-c4ccccc4)cc(-c4ccccc4)c3)c3ccccc23)cc1. The smallest absolute Gasteiger partial charge is 0.0146 e. The third-order valence-electron chi connectivity index (χ3n) is 16.5. The highest BCUT2D eigenvalue weighted by Gasteiger charge is 2.26. The second-order valence-electron chi connectivity index (χ2n) is 21.5. The first kappa shape index (κ1) is 47.6. The van der Waals surface area contributed by atoms with Gasteiger partial charge in [0.15, 0.2) is 0 Å². The Hall–Kier alpha value is -9.88. The molecule has 0 aliphatic rings. The van der Waals surface area contributed by atoms with Gasteiger partial charge in [-0.3, -0.25) is 0 Å². The highest BCUT2D eigenvalue weighted by atomic mass is 14.3. The molecular weight excluding hydrogens is 949 g/mol. The Labute approximate surface area is 463 Å². The van der Waals surface area contributed by atoms with Crippen molar-refractivity contribution in [2.24, 2.45) is 0 Å². The largest absolute Gasteiger partial charge is 0.0622 e. The van der Waals surface area contributed by atoms with Crippen molar-refractivity contribution in [3.63, 3.8) is 0 Å². The van der Waals surface area contributed by atoms with E-state index in [2.05, 4.69) is 317 Å². The Bertz CT molecular complexity index is 4030. The van der Waals surface area contributed by atoms with E-state index in [1.807, 2.05) is 0 Å². The molecule has 14 rings (SSSR count). The molecule has 0 spiro atoms. The summed E-state index contributed by atoms with van der Waals surface area (Å²) in [6.07, 6.45) is 0. The minimum atomic E-state index is -0.264. The number of fused-ring (bicyclic) bond motifs is 4. The maximum atomic E-state index is 2.38. The van der Waals surface area contributed by atoms with Gasteiger partial charge in [-0.05, 0) is 180 Å². The van der Waals surface area contributed by atoms with E-state index in [0.717, 1.165) is 0 Å².